The fourth-order valence-electron chi connectivity index (χ4n) is 9.57. The summed E-state index contributed by atoms with van der Waals surface area (Å²) in [6.45, 7) is 9.89. The number of nitrogens with one attached hydrogen (secondary N) is 4. The van der Waals surface area contributed by atoms with Crippen molar-refractivity contribution in [1.82, 2.24) is 5.23 Å². The largest absolute Gasteiger partial charge is 0.506 e. The number of anilines is 3. The van der Waals surface area contributed by atoms with Crippen molar-refractivity contribution in [3.05, 3.63) is 137 Å². The third-order valence-electron chi connectivity index (χ3n) is 13.4. The van der Waals surface area contributed by atoms with Gasteiger partial charge in [0.2, 0.25) is 5.78 Å². The zero-order valence-corrected chi connectivity index (χ0v) is 36.5. The Kier molecular flexibility index (Phi) is 12.2. The van der Waals surface area contributed by atoms with Gasteiger partial charge in [-0.3, -0.25) is 4.79 Å². The van der Waals surface area contributed by atoms with E-state index in [1.54, 1.807) is 0 Å². The van der Waals surface area contributed by atoms with Crippen LogP contribution in [0.1, 0.15) is 102 Å². The molecular weight excluding hydrogens is 766 g/mol. The van der Waals surface area contributed by atoms with Crippen molar-refractivity contribution in [2.24, 2.45) is 11.8 Å². The lowest BCUT2D eigenvalue weighted by molar-refractivity contribution is -0.111. The molecule has 5 aromatic rings. The van der Waals surface area contributed by atoms with Gasteiger partial charge < -0.3 is 35.5 Å². The van der Waals surface area contributed by atoms with Crippen molar-refractivity contribution in [2.45, 2.75) is 85.1 Å². The monoisotopic (exact) mass is 824 g/mol. The molecule has 316 valence electrons. The predicted octanol–water partition coefficient (Wildman–Crippen LogP) is 10.6. The van der Waals surface area contributed by atoms with Crippen molar-refractivity contribution < 1.29 is 19.4 Å². The number of ketones is 1. The summed E-state index contributed by atoms with van der Waals surface area (Å²) in [5.41, 5.74) is 9.18. The van der Waals surface area contributed by atoms with Crippen LogP contribution in [0.2, 0.25) is 0 Å². The van der Waals surface area contributed by atoms with Crippen LogP contribution in [-0.2, 0) is 4.79 Å². The van der Waals surface area contributed by atoms with Crippen LogP contribution in [0.4, 0.5) is 17.1 Å². The average molecular weight is 825 g/mol. The third-order valence-corrected chi connectivity index (χ3v) is 13.4. The molecule has 0 aromatic heterocycles. The van der Waals surface area contributed by atoms with E-state index in [9.17, 15) is 9.90 Å². The Balaban J connectivity index is 0.985. The fourth-order valence-corrected chi connectivity index (χ4v) is 9.57. The van der Waals surface area contributed by atoms with Gasteiger partial charge in [0.05, 0.1) is 30.4 Å². The van der Waals surface area contributed by atoms with E-state index in [1.165, 1.54) is 38.5 Å². The highest BCUT2D eigenvalue weighted by Crippen LogP contribution is 2.49. The topological polar surface area (TPSA) is 104 Å². The Bertz CT molecular complexity index is 2550. The highest BCUT2D eigenvalue weighted by molar-refractivity contribution is 6.80. The van der Waals surface area contributed by atoms with Crippen LogP contribution in [0.3, 0.4) is 0 Å². The SMILES string of the molecule is CCCCC(CC)COc1ccc(B2Nc3cccc4ccc(C5=C(O)C(=C6C=Cc7cccc8c7C6NB(c6ccc(OCC(CC)CCCC)cc6)N8)C5=O)c(c34)N2)cc1. The second kappa shape index (κ2) is 18.2. The van der Waals surface area contributed by atoms with Gasteiger partial charge in [-0.2, -0.15) is 0 Å². The smallest absolute Gasteiger partial charge is 0.406 e. The lowest BCUT2D eigenvalue weighted by Gasteiger charge is -2.38. The molecule has 2 aliphatic heterocycles. The highest BCUT2D eigenvalue weighted by Gasteiger charge is 2.44. The number of carbonyl (C=O) groups excluding carboxylic acids is 1. The van der Waals surface area contributed by atoms with Gasteiger partial charge in [-0.05, 0) is 88.5 Å². The molecule has 62 heavy (non-hydrogen) atoms. The molecule has 0 radical (unpaired) electrons. The number of benzene rings is 5. The van der Waals surface area contributed by atoms with Gasteiger partial charge >= 0.3 is 14.0 Å². The molecule has 0 amide bonds. The van der Waals surface area contributed by atoms with Crippen LogP contribution >= 0.6 is 0 Å². The lowest BCUT2D eigenvalue weighted by atomic mass is 9.62. The minimum absolute atomic E-state index is 0.0223. The number of aliphatic hydroxyl groups excluding tert-OH is 1. The Morgan fingerprint density at radius 1 is 0.661 bits per heavy atom. The summed E-state index contributed by atoms with van der Waals surface area (Å²) in [5.74, 6) is 2.70. The second-order valence-corrected chi connectivity index (χ2v) is 17.4. The molecule has 4 aliphatic rings. The number of allylic oxidation sites excluding steroid dienone is 2. The highest BCUT2D eigenvalue weighted by atomic mass is 16.5. The van der Waals surface area contributed by atoms with E-state index < -0.39 is 0 Å². The average Bonchev–Trinajstić information content (AvgIpc) is 3.31. The summed E-state index contributed by atoms with van der Waals surface area (Å²) in [6, 6.07) is 32.7. The minimum atomic E-state index is -0.315. The van der Waals surface area contributed by atoms with Crippen molar-refractivity contribution in [2.75, 3.05) is 28.9 Å². The van der Waals surface area contributed by atoms with E-state index in [0.29, 0.717) is 28.5 Å². The van der Waals surface area contributed by atoms with Crippen molar-refractivity contribution in [1.29, 1.82) is 0 Å². The van der Waals surface area contributed by atoms with Crippen LogP contribution in [0.25, 0.3) is 22.4 Å². The zero-order chi connectivity index (χ0) is 42.7. The Morgan fingerprint density at radius 2 is 1.27 bits per heavy atom. The molecule has 0 bridgehead atoms. The van der Waals surface area contributed by atoms with Gasteiger partial charge in [0, 0.05) is 33.6 Å². The number of unbranched alkanes of at least 4 members (excludes halogenated alkanes) is 2. The van der Waals surface area contributed by atoms with Crippen molar-refractivity contribution in [3.8, 4) is 11.5 Å². The number of Topliss-reactive ketones (excluding diaryl/α,β-unsaturated/α-hetero) is 1. The van der Waals surface area contributed by atoms with Gasteiger partial charge in [0.25, 0.3) is 0 Å². The van der Waals surface area contributed by atoms with Crippen LogP contribution in [0, 0.1) is 11.8 Å². The molecule has 2 aliphatic carbocycles. The molecule has 0 spiro atoms. The molecule has 9 rings (SSSR count). The van der Waals surface area contributed by atoms with Gasteiger partial charge in [0.1, 0.15) is 17.3 Å². The first kappa shape index (κ1) is 41.5. The van der Waals surface area contributed by atoms with E-state index in [4.69, 9.17) is 9.47 Å². The predicted molar refractivity (Wildman–Crippen MR) is 259 cm³/mol. The molecular formula is C52H58B2N4O4. The van der Waals surface area contributed by atoms with E-state index in [0.717, 1.165) is 93.0 Å². The summed E-state index contributed by atoms with van der Waals surface area (Å²) in [7, 11) is 0. The Labute approximate surface area is 367 Å². The van der Waals surface area contributed by atoms with Crippen molar-refractivity contribution in [3.63, 3.8) is 0 Å². The molecule has 5 N–H and O–H groups in total. The maximum Gasteiger partial charge on any atom is 0.406 e. The maximum absolute atomic E-state index is 14.6. The van der Waals surface area contributed by atoms with E-state index in [2.05, 4.69) is 103 Å². The first-order valence-corrected chi connectivity index (χ1v) is 23.0. The Hall–Kier alpha value is -5.86. The molecule has 0 saturated heterocycles. The number of hydrogen-bond acceptors (Lipinski definition) is 8. The standard InChI is InChI=1S/C52H58B2N4O4/c1-5-9-13-33(7-3)31-61-39-25-21-37(22-26-39)53-55-43-17-11-15-35-19-29-41(49(57-53)45(35)43)47-51(59)48(52(47)60)42-30-20-36-16-12-18-44-46(36)50(42)58-54(56-44)38-23-27-40(28-24-38)62-32-34(8-4)14-10-6-2/h11-12,15-30,33-34,49,55-59H,5-10,13-14,31-32H2,1-4H3. The summed E-state index contributed by atoms with van der Waals surface area (Å²) >= 11 is 0. The Morgan fingerprint density at radius 3 is 1.90 bits per heavy atom. The molecule has 5 aromatic carbocycles. The minimum Gasteiger partial charge on any atom is -0.506 e. The number of rotatable bonds is 17. The van der Waals surface area contributed by atoms with Crippen LogP contribution < -0.4 is 41.3 Å². The molecule has 10 heteroatoms. The quantitative estimate of drug-likeness (QED) is 0.0467. The van der Waals surface area contributed by atoms with Crippen molar-refractivity contribution >= 4 is 70.2 Å². The van der Waals surface area contributed by atoms with Gasteiger partial charge in [0.15, 0.2) is 0 Å². The van der Waals surface area contributed by atoms with Crippen LogP contribution in [-0.4, -0.2) is 38.1 Å². The van der Waals surface area contributed by atoms with Crippen LogP contribution in [0.15, 0.2) is 120 Å². The molecule has 8 nitrogen and oxygen atoms in total. The summed E-state index contributed by atoms with van der Waals surface area (Å²) in [4.78, 5) is 14.6. The molecule has 0 fully saturated rings. The third kappa shape index (κ3) is 8.01. The van der Waals surface area contributed by atoms with E-state index in [1.807, 2.05) is 54.6 Å². The summed E-state index contributed by atoms with van der Waals surface area (Å²) in [6.07, 6.45) is 13.5. The van der Waals surface area contributed by atoms with E-state index >= 15 is 0 Å². The number of hydrogen-bond donors (Lipinski definition) is 5. The number of aliphatic hydroxyl groups is 1. The van der Waals surface area contributed by atoms with Gasteiger partial charge in [-0.25, -0.2) is 0 Å². The van der Waals surface area contributed by atoms with Crippen LogP contribution in [0.5, 0.6) is 11.5 Å². The number of ether oxygens (including phenoxy) is 2. The molecule has 0 saturated carbocycles. The zero-order valence-electron chi connectivity index (χ0n) is 36.5. The molecule has 3 unspecified atom stereocenters. The number of carbonyl (C=O) groups is 1. The fraction of sp³-hybridized carbons (Fsp3) is 0.327. The second-order valence-electron chi connectivity index (χ2n) is 17.4. The van der Waals surface area contributed by atoms with E-state index in [-0.39, 0.29) is 31.5 Å². The summed E-state index contributed by atoms with van der Waals surface area (Å²) in [5, 5.41) is 29.0. The molecule has 3 atom stereocenters. The maximum atomic E-state index is 14.6. The van der Waals surface area contributed by atoms with Gasteiger partial charge in [-0.15, -0.1) is 0 Å². The lowest BCUT2D eigenvalue weighted by Crippen LogP contribution is -2.56. The van der Waals surface area contributed by atoms with Gasteiger partial charge in [-0.1, -0.05) is 139 Å². The normalized spacial score (nSPS) is 18.4. The first-order valence-electron chi connectivity index (χ1n) is 23.0. The summed E-state index contributed by atoms with van der Waals surface area (Å²) < 4.78 is 12.5. The first-order chi connectivity index (χ1) is 30.4. The molecule has 2 heterocycles.